The number of benzene rings is 1. The third-order valence-electron chi connectivity index (χ3n) is 5.05. The van der Waals surface area contributed by atoms with E-state index in [0.29, 0.717) is 34.5 Å². The van der Waals surface area contributed by atoms with Crippen LogP contribution in [0.2, 0.25) is 0 Å². The molecule has 3 aromatic rings. The normalized spacial score (nSPS) is 12.7. The summed E-state index contributed by atoms with van der Waals surface area (Å²) in [5.74, 6) is 1.06. The van der Waals surface area contributed by atoms with E-state index >= 15 is 0 Å². The number of carbonyl (C=O) groups excluding carboxylic acids is 1. The zero-order valence-electron chi connectivity index (χ0n) is 21.1. The number of carbonyl (C=O) groups is 1. The number of nitrogens with two attached hydrogens (primary N) is 1. The Balaban J connectivity index is 2.03. The van der Waals surface area contributed by atoms with Crippen LogP contribution in [0, 0.1) is 6.92 Å². The molecule has 0 saturated heterocycles. The van der Waals surface area contributed by atoms with Crippen LogP contribution in [0.4, 0.5) is 17.5 Å². The van der Waals surface area contributed by atoms with Gasteiger partial charge in [-0.3, -0.25) is 4.99 Å². The van der Waals surface area contributed by atoms with Crippen molar-refractivity contribution in [2.24, 2.45) is 10.7 Å². The van der Waals surface area contributed by atoms with Crippen LogP contribution >= 0.6 is 0 Å². The number of anilines is 3. The lowest BCUT2D eigenvalue weighted by Gasteiger charge is -2.18. The van der Waals surface area contributed by atoms with Crippen LogP contribution in [0.3, 0.4) is 0 Å². The van der Waals surface area contributed by atoms with Crippen LogP contribution in [0.25, 0.3) is 11.5 Å². The van der Waals surface area contributed by atoms with Gasteiger partial charge in [0.15, 0.2) is 11.6 Å². The Kier molecular flexibility index (Phi) is 8.55. The zero-order chi connectivity index (χ0) is 26.2. The molecule has 2 aromatic heterocycles. The number of nitrogens with one attached hydrogen (secondary N) is 2. The van der Waals surface area contributed by atoms with Crippen molar-refractivity contribution >= 4 is 29.6 Å². The molecule has 0 radical (unpaired) electrons. The summed E-state index contributed by atoms with van der Waals surface area (Å²) in [5.41, 5.74) is 8.65. The monoisotopic (exact) mass is 494 g/mol. The maximum absolute atomic E-state index is 12.6. The summed E-state index contributed by atoms with van der Waals surface area (Å²) in [6, 6.07) is 5.10. The predicted octanol–water partition coefficient (Wildman–Crippen LogP) is 3.50. The van der Waals surface area contributed by atoms with Gasteiger partial charge in [0.1, 0.15) is 5.56 Å². The zero-order valence-corrected chi connectivity index (χ0v) is 21.1. The minimum atomic E-state index is -0.571. The van der Waals surface area contributed by atoms with Crippen molar-refractivity contribution in [3.8, 4) is 17.2 Å². The van der Waals surface area contributed by atoms with Crippen molar-refractivity contribution in [1.29, 1.82) is 0 Å². The summed E-state index contributed by atoms with van der Waals surface area (Å²) in [6.07, 6.45) is 3.07. The Morgan fingerprint density at radius 1 is 1.33 bits per heavy atom. The van der Waals surface area contributed by atoms with E-state index in [1.807, 2.05) is 6.92 Å². The van der Waals surface area contributed by atoms with Crippen molar-refractivity contribution in [1.82, 2.24) is 20.2 Å². The average Bonchev–Trinajstić information content (AvgIpc) is 3.28. The van der Waals surface area contributed by atoms with Crippen LogP contribution in [0.5, 0.6) is 5.75 Å². The van der Waals surface area contributed by atoms with Gasteiger partial charge in [-0.15, -0.1) is 10.2 Å². The molecule has 12 heteroatoms. The molecule has 0 aliphatic carbocycles. The Bertz CT molecular complexity index is 1280. The highest BCUT2D eigenvalue weighted by Gasteiger charge is 2.21. The molecule has 0 bridgehead atoms. The van der Waals surface area contributed by atoms with Gasteiger partial charge in [0.25, 0.3) is 5.89 Å². The molecule has 2 heterocycles. The highest BCUT2D eigenvalue weighted by atomic mass is 16.5. The molecule has 1 aromatic carbocycles. The maximum atomic E-state index is 12.6. The van der Waals surface area contributed by atoms with Gasteiger partial charge in [0.2, 0.25) is 11.8 Å². The van der Waals surface area contributed by atoms with Crippen molar-refractivity contribution in [3.63, 3.8) is 0 Å². The lowest BCUT2D eigenvalue weighted by Crippen LogP contribution is -2.24. The van der Waals surface area contributed by atoms with E-state index in [1.165, 1.54) is 13.3 Å². The maximum Gasteiger partial charge on any atom is 0.343 e. The minimum absolute atomic E-state index is 0.150. The van der Waals surface area contributed by atoms with E-state index in [-0.39, 0.29) is 30.0 Å². The highest BCUT2D eigenvalue weighted by molar-refractivity contribution is 5.96. The van der Waals surface area contributed by atoms with E-state index in [4.69, 9.17) is 19.6 Å². The van der Waals surface area contributed by atoms with Gasteiger partial charge in [-0.2, -0.15) is 4.98 Å². The predicted molar refractivity (Wildman–Crippen MR) is 137 cm³/mol. The highest BCUT2D eigenvalue weighted by Crippen LogP contribution is 2.37. The lowest BCUT2D eigenvalue weighted by atomic mass is 10.1. The fourth-order valence-corrected chi connectivity index (χ4v) is 3.43. The van der Waals surface area contributed by atoms with Crippen LogP contribution in [0.15, 0.2) is 45.1 Å². The number of hydrogen-bond acceptors (Lipinski definition) is 12. The summed E-state index contributed by atoms with van der Waals surface area (Å²) in [5, 5.41) is 14.3. The summed E-state index contributed by atoms with van der Waals surface area (Å²) < 4.78 is 16.4. The lowest BCUT2D eigenvalue weighted by molar-refractivity contribution is 0.0526. The summed E-state index contributed by atoms with van der Waals surface area (Å²) in [4.78, 5) is 25.6. The molecule has 1 unspecified atom stereocenters. The van der Waals surface area contributed by atoms with Gasteiger partial charge in [-0.1, -0.05) is 6.07 Å². The topological polar surface area (TPSA) is 163 Å². The number of allylic oxidation sites excluding steroid dienone is 1. The molecule has 0 aliphatic rings. The molecule has 0 spiro atoms. The molecule has 3 rings (SSSR count). The Hall–Kier alpha value is -4.48. The number of methoxy groups -OCH3 is 1. The number of nitrogens with zero attached hydrogens (tertiary/aromatic N) is 5. The first-order valence-corrected chi connectivity index (χ1v) is 11.2. The largest absolute Gasteiger partial charge is 0.494 e. The second kappa shape index (κ2) is 11.8. The van der Waals surface area contributed by atoms with Gasteiger partial charge in [-0.05, 0) is 32.9 Å². The van der Waals surface area contributed by atoms with Crippen molar-refractivity contribution in [2.45, 2.75) is 33.7 Å². The van der Waals surface area contributed by atoms with E-state index in [1.54, 1.807) is 52.2 Å². The second-order valence-electron chi connectivity index (χ2n) is 7.71. The van der Waals surface area contributed by atoms with Crippen molar-refractivity contribution in [3.05, 3.63) is 47.1 Å². The fourth-order valence-electron chi connectivity index (χ4n) is 3.43. The number of esters is 1. The number of aryl methyl sites for hydroxylation is 1. The molecule has 0 amide bonds. The molecule has 36 heavy (non-hydrogen) atoms. The molecular formula is C24H30N8O4. The Morgan fingerprint density at radius 3 is 2.72 bits per heavy atom. The molecule has 0 fully saturated rings. The molecule has 0 aliphatic heterocycles. The molecule has 12 nitrogen and oxygen atoms in total. The van der Waals surface area contributed by atoms with Crippen molar-refractivity contribution < 1.29 is 18.7 Å². The van der Waals surface area contributed by atoms with Gasteiger partial charge in [0, 0.05) is 37.7 Å². The minimum Gasteiger partial charge on any atom is -0.494 e. The third kappa shape index (κ3) is 5.95. The Morgan fingerprint density at radius 2 is 2.11 bits per heavy atom. The number of hydrogen-bond donors (Lipinski definition) is 3. The first kappa shape index (κ1) is 26.1. The van der Waals surface area contributed by atoms with E-state index in [9.17, 15) is 4.79 Å². The Labute approximate surface area is 209 Å². The van der Waals surface area contributed by atoms with E-state index < -0.39 is 5.97 Å². The van der Waals surface area contributed by atoms with Crippen molar-refractivity contribution in [2.75, 3.05) is 31.4 Å². The van der Waals surface area contributed by atoms with Crippen LogP contribution < -0.4 is 21.1 Å². The molecule has 4 N–H and O–H groups in total. The number of aliphatic imine (C=N–C) groups is 1. The first-order chi connectivity index (χ1) is 17.3. The fraction of sp³-hybridized carbons (Fsp3) is 0.333. The summed E-state index contributed by atoms with van der Waals surface area (Å²) in [6.45, 7) is 7.32. The van der Waals surface area contributed by atoms with Crippen LogP contribution in [-0.2, 0) is 4.74 Å². The quantitative estimate of drug-likeness (QED) is 0.279. The molecule has 190 valence electrons. The van der Waals surface area contributed by atoms with Gasteiger partial charge < -0.3 is 30.3 Å². The number of ether oxygens (including phenoxy) is 2. The summed E-state index contributed by atoms with van der Waals surface area (Å²) >= 11 is 0. The standard InChI is InChI=1S/C24H30N8O4/c1-7-35-23(33)18-12-27-24(28-14(3)17(11-26-5)13(2)25)30-21(18)29-19-10-8-9-16(20(19)34-6)22-32-31-15(4)36-22/h8-12,14H,7,25H2,1-6H3,(H2,27,28,29,30)/b17-13+,26-11?. The number of para-hydroxylation sites is 1. The number of aromatic nitrogens is 4. The third-order valence-corrected chi connectivity index (χ3v) is 5.05. The van der Waals surface area contributed by atoms with Gasteiger partial charge in [-0.25, -0.2) is 9.78 Å². The van der Waals surface area contributed by atoms with Gasteiger partial charge >= 0.3 is 5.97 Å². The smallest absolute Gasteiger partial charge is 0.343 e. The molecule has 1 atom stereocenters. The van der Waals surface area contributed by atoms with E-state index in [0.717, 1.165) is 5.57 Å². The van der Waals surface area contributed by atoms with Crippen LogP contribution in [0.1, 0.15) is 37.0 Å². The molecular weight excluding hydrogens is 464 g/mol. The average molecular weight is 495 g/mol. The molecule has 0 saturated carbocycles. The van der Waals surface area contributed by atoms with Crippen LogP contribution in [-0.4, -0.2) is 59.2 Å². The van der Waals surface area contributed by atoms with Gasteiger partial charge in [0.05, 0.1) is 31.0 Å². The second-order valence-corrected chi connectivity index (χ2v) is 7.71. The first-order valence-electron chi connectivity index (χ1n) is 11.2. The number of rotatable bonds is 10. The summed E-state index contributed by atoms with van der Waals surface area (Å²) in [7, 11) is 3.19. The SMILES string of the molecule is CCOC(=O)c1cnc(NC(C)/C(C=NC)=C(\C)N)nc1Nc1cccc(-c2nnc(C)o2)c1OC. The van der Waals surface area contributed by atoms with E-state index in [2.05, 4.69) is 35.8 Å².